The Morgan fingerprint density at radius 2 is 1.51 bits per heavy atom. The highest BCUT2D eigenvalue weighted by Gasteiger charge is 2.33. The van der Waals surface area contributed by atoms with Gasteiger partial charge in [0.25, 0.3) is 5.56 Å². The number of methoxy groups -OCH3 is 2. The third-order valence-corrected chi connectivity index (χ3v) is 9.67. The van der Waals surface area contributed by atoms with Crippen molar-refractivity contribution in [2.24, 2.45) is 4.99 Å². The van der Waals surface area contributed by atoms with Gasteiger partial charge in [0.1, 0.15) is 0 Å². The molecule has 6 aromatic rings. The van der Waals surface area contributed by atoms with E-state index in [9.17, 15) is 4.79 Å². The van der Waals surface area contributed by atoms with Crippen molar-refractivity contribution in [2.75, 3.05) is 14.2 Å². The van der Waals surface area contributed by atoms with Gasteiger partial charge in [0.2, 0.25) is 0 Å². The summed E-state index contributed by atoms with van der Waals surface area (Å²) in [4.78, 5) is 20.4. The lowest BCUT2D eigenvalue weighted by Gasteiger charge is -2.31. The van der Waals surface area contributed by atoms with E-state index in [-0.39, 0.29) is 11.6 Å². The van der Waals surface area contributed by atoms with Gasteiger partial charge in [-0.25, -0.2) is 4.99 Å². The van der Waals surface area contributed by atoms with E-state index in [4.69, 9.17) is 14.5 Å². The van der Waals surface area contributed by atoms with Gasteiger partial charge in [-0.1, -0.05) is 90.2 Å². The summed E-state index contributed by atoms with van der Waals surface area (Å²) in [6.45, 7) is 0. The maximum atomic E-state index is 14.5. The third kappa shape index (κ3) is 4.05. The molecule has 0 saturated heterocycles. The van der Waals surface area contributed by atoms with Gasteiger partial charge in [-0.05, 0) is 80.9 Å². The van der Waals surface area contributed by atoms with Crippen LogP contribution in [0.1, 0.15) is 34.7 Å². The van der Waals surface area contributed by atoms with Gasteiger partial charge < -0.3 is 9.47 Å². The van der Waals surface area contributed by atoms with Crippen molar-refractivity contribution < 1.29 is 9.47 Å². The van der Waals surface area contributed by atoms with E-state index >= 15 is 0 Å². The van der Waals surface area contributed by atoms with Crippen LogP contribution >= 0.6 is 11.3 Å². The molecule has 43 heavy (non-hydrogen) atoms. The Hall–Kier alpha value is -4.94. The second-order valence-electron chi connectivity index (χ2n) is 11.0. The van der Waals surface area contributed by atoms with Crippen LogP contribution < -0.4 is 24.4 Å². The number of fused-ring (bicyclic) bond motifs is 5. The van der Waals surface area contributed by atoms with E-state index in [2.05, 4.69) is 84.9 Å². The lowest BCUT2D eigenvalue weighted by molar-refractivity contribution is 0.354. The number of rotatable bonds is 4. The minimum atomic E-state index is -0.300. The molecule has 0 unspecified atom stereocenters. The zero-order valence-electron chi connectivity index (χ0n) is 23.8. The summed E-state index contributed by atoms with van der Waals surface area (Å²) >= 11 is 1.46. The summed E-state index contributed by atoms with van der Waals surface area (Å²) in [5.41, 5.74) is 6.55. The van der Waals surface area contributed by atoms with E-state index in [0.717, 1.165) is 62.3 Å². The van der Waals surface area contributed by atoms with Crippen LogP contribution in [-0.4, -0.2) is 18.8 Å². The number of benzene rings is 5. The summed E-state index contributed by atoms with van der Waals surface area (Å²) in [5, 5.41) is 4.54. The van der Waals surface area contributed by atoms with Crippen molar-refractivity contribution in [1.29, 1.82) is 0 Å². The molecule has 0 spiro atoms. The Morgan fingerprint density at radius 3 is 2.26 bits per heavy atom. The topological polar surface area (TPSA) is 52.8 Å². The molecular formula is C37H28N2O3S. The van der Waals surface area contributed by atoms with Crippen LogP contribution in [0.2, 0.25) is 0 Å². The van der Waals surface area contributed by atoms with Crippen LogP contribution in [0.15, 0.2) is 112 Å². The van der Waals surface area contributed by atoms with Gasteiger partial charge in [0.15, 0.2) is 16.3 Å². The molecule has 0 N–H and O–H groups in total. The number of hydrogen-bond donors (Lipinski definition) is 0. The standard InChI is InChI=1S/C37H28N2O3S/c1-41-31-18-16-25(20-32(31)42-2)35-29-17-15-22-9-3-8-14-28(22)34(29)38-37-39(35)36(40)33(43-37)21-30-26-12-6-4-10-23(26)19-24-11-5-7-13-27(24)30/h3-14,16,18-21,35H,15,17H2,1-2H3/b33-21-/t35-/m0/s1. The molecule has 0 fully saturated rings. The average Bonchev–Trinajstić information content (AvgIpc) is 3.37. The largest absolute Gasteiger partial charge is 0.493 e. The molecule has 1 atom stereocenters. The lowest BCUT2D eigenvalue weighted by atomic mass is 9.83. The molecule has 0 amide bonds. The molecular weight excluding hydrogens is 552 g/mol. The van der Waals surface area contributed by atoms with Gasteiger partial charge in [0.05, 0.1) is 30.5 Å². The fraction of sp³-hybridized carbons (Fsp3) is 0.135. The second-order valence-corrected chi connectivity index (χ2v) is 12.0. The summed E-state index contributed by atoms with van der Waals surface area (Å²) in [6, 6.07) is 33.1. The molecule has 5 nitrogen and oxygen atoms in total. The number of nitrogens with zero attached hydrogens (tertiary/aromatic N) is 2. The fourth-order valence-electron chi connectivity index (χ4n) is 6.68. The predicted molar refractivity (Wildman–Crippen MR) is 174 cm³/mol. The van der Waals surface area contributed by atoms with Crippen LogP contribution in [0, 0.1) is 0 Å². The highest BCUT2D eigenvalue weighted by Crippen LogP contribution is 2.43. The monoisotopic (exact) mass is 580 g/mol. The zero-order valence-corrected chi connectivity index (χ0v) is 24.7. The minimum Gasteiger partial charge on any atom is -0.493 e. The predicted octanol–water partition coefficient (Wildman–Crippen LogP) is 6.64. The summed E-state index contributed by atoms with van der Waals surface area (Å²) in [5.74, 6) is 1.30. The number of aromatic nitrogens is 1. The Bertz CT molecular complexity index is 2260. The SMILES string of the molecule is COc1ccc([C@H]2C3=C(N=c4s/c(=C\c5c6ccccc6cc6ccccc56)c(=O)n42)c2ccccc2CC3)cc1OC. The molecule has 2 aliphatic rings. The van der Waals surface area contributed by atoms with Crippen LogP contribution in [0.4, 0.5) is 0 Å². The third-order valence-electron chi connectivity index (χ3n) is 8.68. The molecule has 8 rings (SSSR count). The Kier molecular flexibility index (Phi) is 6.05. The minimum absolute atomic E-state index is 0.0361. The quantitative estimate of drug-likeness (QED) is 0.220. The summed E-state index contributed by atoms with van der Waals surface area (Å²) in [6.07, 6.45) is 3.80. The Labute approximate surface area is 252 Å². The maximum absolute atomic E-state index is 14.5. The first-order valence-electron chi connectivity index (χ1n) is 14.4. The first-order chi connectivity index (χ1) is 21.1. The van der Waals surface area contributed by atoms with E-state index < -0.39 is 0 Å². The highest BCUT2D eigenvalue weighted by atomic mass is 32.1. The van der Waals surface area contributed by atoms with E-state index in [0.29, 0.717) is 20.8 Å². The fourth-order valence-corrected chi connectivity index (χ4v) is 7.66. The van der Waals surface area contributed by atoms with Crippen LogP contribution in [0.25, 0.3) is 33.3 Å². The van der Waals surface area contributed by atoms with Gasteiger partial charge in [-0.3, -0.25) is 9.36 Å². The van der Waals surface area contributed by atoms with E-state index in [1.165, 1.54) is 16.9 Å². The number of allylic oxidation sites excluding steroid dienone is 1. The molecule has 1 aliphatic heterocycles. The Balaban J connectivity index is 1.42. The molecule has 0 saturated carbocycles. The van der Waals surface area contributed by atoms with Crippen molar-refractivity contribution in [3.63, 3.8) is 0 Å². The number of aryl methyl sites for hydroxylation is 1. The van der Waals surface area contributed by atoms with Crippen molar-refractivity contribution in [2.45, 2.75) is 18.9 Å². The summed E-state index contributed by atoms with van der Waals surface area (Å²) < 4.78 is 13.8. The molecule has 0 radical (unpaired) electrons. The maximum Gasteiger partial charge on any atom is 0.271 e. The molecule has 5 aromatic carbocycles. The first-order valence-corrected chi connectivity index (χ1v) is 15.2. The number of hydrogen-bond acceptors (Lipinski definition) is 5. The van der Waals surface area contributed by atoms with Crippen LogP contribution in [-0.2, 0) is 6.42 Å². The number of ether oxygens (including phenoxy) is 2. The van der Waals surface area contributed by atoms with Gasteiger partial charge in [-0.2, -0.15) is 0 Å². The Morgan fingerprint density at radius 1 is 0.814 bits per heavy atom. The van der Waals surface area contributed by atoms with E-state index in [1.807, 2.05) is 22.8 Å². The highest BCUT2D eigenvalue weighted by molar-refractivity contribution is 7.07. The van der Waals surface area contributed by atoms with E-state index in [1.54, 1.807) is 14.2 Å². The van der Waals surface area contributed by atoms with Crippen molar-refractivity contribution >= 4 is 44.7 Å². The first kappa shape index (κ1) is 25.7. The molecule has 1 aliphatic carbocycles. The average molecular weight is 581 g/mol. The van der Waals surface area contributed by atoms with Crippen molar-refractivity contribution in [3.8, 4) is 11.5 Å². The van der Waals surface area contributed by atoms with Gasteiger partial charge in [0, 0.05) is 5.56 Å². The van der Waals surface area contributed by atoms with Gasteiger partial charge >= 0.3 is 0 Å². The normalized spacial score (nSPS) is 16.0. The van der Waals surface area contributed by atoms with Crippen LogP contribution in [0.5, 0.6) is 11.5 Å². The van der Waals surface area contributed by atoms with Crippen molar-refractivity contribution in [3.05, 3.63) is 145 Å². The number of thiazole rings is 1. The lowest BCUT2D eigenvalue weighted by Crippen LogP contribution is -2.38. The smallest absolute Gasteiger partial charge is 0.271 e. The van der Waals surface area contributed by atoms with Gasteiger partial charge in [-0.15, -0.1) is 0 Å². The van der Waals surface area contributed by atoms with Crippen LogP contribution in [0.3, 0.4) is 0 Å². The summed E-state index contributed by atoms with van der Waals surface area (Å²) in [7, 11) is 3.28. The molecule has 0 bridgehead atoms. The molecule has 2 heterocycles. The second kappa shape index (κ2) is 10.1. The molecule has 1 aromatic heterocycles. The molecule has 6 heteroatoms. The van der Waals surface area contributed by atoms with Crippen molar-refractivity contribution in [1.82, 2.24) is 4.57 Å². The molecule has 210 valence electrons. The zero-order chi connectivity index (χ0) is 29.1.